The Kier molecular flexibility index (Phi) is 4.36. The van der Waals surface area contributed by atoms with E-state index in [0.29, 0.717) is 0 Å². The van der Waals surface area contributed by atoms with Crippen molar-refractivity contribution >= 4 is 16.1 Å². The Balaban J connectivity index is 2.84. The maximum Gasteiger partial charge on any atom is 0.238 e. The quantitative estimate of drug-likeness (QED) is 0.593. The topological polar surface area (TPSA) is 37.4 Å². The molecule has 0 aliphatic heterocycles. The smallest absolute Gasteiger partial charge is 0.232 e. The van der Waals surface area contributed by atoms with Gasteiger partial charge in [-0.25, -0.2) is 12.7 Å². The van der Waals surface area contributed by atoms with Gasteiger partial charge in [0, 0.05) is 18.7 Å². The van der Waals surface area contributed by atoms with Gasteiger partial charge >= 0.3 is 0 Å². The van der Waals surface area contributed by atoms with Gasteiger partial charge in [-0.3, -0.25) is 0 Å². The van der Waals surface area contributed by atoms with Gasteiger partial charge in [-0.15, -0.1) is 0 Å². The van der Waals surface area contributed by atoms with Gasteiger partial charge in [0.05, 0.1) is 6.26 Å². The number of benzene rings is 1. The van der Waals surface area contributed by atoms with Crippen molar-refractivity contribution in [2.24, 2.45) is 0 Å². The van der Waals surface area contributed by atoms with Gasteiger partial charge in [0.15, 0.2) is 0 Å². The molecule has 4 heteroatoms. The van der Waals surface area contributed by atoms with Crippen LogP contribution in [0.1, 0.15) is 12.5 Å². The van der Waals surface area contributed by atoms with Crippen LogP contribution in [0.3, 0.4) is 0 Å². The highest BCUT2D eigenvalue weighted by atomic mass is 32.2. The molecule has 0 fully saturated rings. The van der Waals surface area contributed by atoms with Gasteiger partial charge < -0.3 is 0 Å². The summed E-state index contributed by atoms with van der Waals surface area (Å²) in [6, 6.07) is 12.3. The predicted octanol–water partition coefficient (Wildman–Crippen LogP) is 1.94. The standard InChI is InChI=1S/C13H15NO2S/c1-12(9-10-14(2)17(3,15)16)11-13-7-5-4-6-8-13/h4-8,11H,1-3H3/b12-11+. The fourth-order valence-corrected chi connectivity index (χ4v) is 1.30. The second kappa shape index (κ2) is 5.55. The van der Waals surface area contributed by atoms with E-state index in [9.17, 15) is 8.42 Å². The van der Waals surface area contributed by atoms with Crippen LogP contribution in [0, 0.1) is 12.0 Å². The maximum atomic E-state index is 11.1. The molecule has 1 aromatic rings. The van der Waals surface area contributed by atoms with Crippen LogP contribution < -0.4 is 0 Å². The lowest BCUT2D eigenvalue weighted by molar-refractivity contribution is 0.554. The van der Waals surface area contributed by atoms with Crippen molar-refractivity contribution in [1.29, 1.82) is 0 Å². The fourth-order valence-electron chi connectivity index (χ4n) is 1.09. The summed E-state index contributed by atoms with van der Waals surface area (Å²) in [5, 5.41) is 0. The number of allylic oxidation sites excluding steroid dienone is 1. The summed E-state index contributed by atoms with van der Waals surface area (Å²) in [4.78, 5) is 0. The molecule has 90 valence electrons. The SMILES string of the molecule is C/C(C#CN(C)S(C)(=O)=O)=C\c1ccccc1. The highest BCUT2D eigenvalue weighted by molar-refractivity contribution is 7.88. The largest absolute Gasteiger partial charge is 0.238 e. The van der Waals surface area contributed by atoms with Crippen molar-refractivity contribution in [3.63, 3.8) is 0 Å². The number of rotatable bonds is 2. The first kappa shape index (κ1) is 13.3. The summed E-state index contributed by atoms with van der Waals surface area (Å²) in [6.07, 6.45) is 3.03. The Bertz CT molecular complexity index is 562. The molecule has 0 aromatic heterocycles. The fraction of sp³-hybridized carbons (Fsp3) is 0.231. The molecule has 0 atom stereocenters. The molecule has 0 radical (unpaired) electrons. The highest BCUT2D eigenvalue weighted by Gasteiger charge is 2.04. The molecule has 0 bridgehead atoms. The zero-order valence-corrected chi connectivity index (χ0v) is 11.0. The minimum Gasteiger partial charge on any atom is -0.232 e. The molecule has 0 saturated carbocycles. The van der Waals surface area contributed by atoms with E-state index in [2.05, 4.69) is 12.0 Å². The van der Waals surface area contributed by atoms with Crippen LogP contribution in [0.4, 0.5) is 0 Å². The maximum absolute atomic E-state index is 11.1. The van der Waals surface area contributed by atoms with Crippen molar-refractivity contribution < 1.29 is 8.42 Å². The second-order valence-electron chi connectivity index (χ2n) is 3.71. The van der Waals surface area contributed by atoms with Gasteiger partial charge in [-0.05, 0) is 24.5 Å². The third-order valence-corrected chi connectivity index (χ3v) is 3.18. The second-order valence-corrected chi connectivity index (χ2v) is 5.72. The van der Waals surface area contributed by atoms with Crippen molar-refractivity contribution in [2.75, 3.05) is 13.3 Å². The van der Waals surface area contributed by atoms with E-state index in [1.54, 1.807) is 0 Å². The first-order valence-electron chi connectivity index (χ1n) is 5.08. The summed E-state index contributed by atoms with van der Waals surface area (Å²) in [5.74, 6) is 2.80. The summed E-state index contributed by atoms with van der Waals surface area (Å²) < 4.78 is 23.2. The molecule has 0 N–H and O–H groups in total. The lowest BCUT2D eigenvalue weighted by atomic mass is 10.1. The number of nitrogens with zero attached hydrogens (tertiary/aromatic N) is 1. The highest BCUT2D eigenvalue weighted by Crippen LogP contribution is 2.05. The molecular formula is C13H15NO2S. The predicted molar refractivity (Wildman–Crippen MR) is 70.5 cm³/mol. The number of sulfonamides is 1. The van der Waals surface area contributed by atoms with Crippen molar-refractivity contribution in [1.82, 2.24) is 4.31 Å². The minimum atomic E-state index is -3.24. The molecule has 0 heterocycles. The Hall–Kier alpha value is -1.73. The van der Waals surface area contributed by atoms with Crippen LogP contribution in [0.5, 0.6) is 0 Å². The third kappa shape index (κ3) is 4.75. The van der Waals surface area contributed by atoms with Crippen LogP contribution in [-0.4, -0.2) is 26.0 Å². The zero-order valence-electron chi connectivity index (χ0n) is 10.1. The first-order valence-corrected chi connectivity index (χ1v) is 6.93. The Morgan fingerprint density at radius 1 is 1.29 bits per heavy atom. The molecule has 1 aromatic carbocycles. The molecule has 1 rings (SSSR count). The normalized spacial score (nSPS) is 11.6. The Labute approximate surface area is 103 Å². The Morgan fingerprint density at radius 3 is 2.41 bits per heavy atom. The van der Waals surface area contributed by atoms with Gasteiger partial charge in [0.2, 0.25) is 10.0 Å². The van der Waals surface area contributed by atoms with E-state index in [4.69, 9.17) is 0 Å². The molecule has 0 spiro atoms. The molecule has 0 amide bonds. The summed E-state index contributed by atoms with van der Waals surface area (Å²) in [7, 11) is -1.81. The van der Waals surface area contributed by atoms with Gasteiger partial charge in [0.25, 0.3) is 0 Å². The van der Waals surface area contributed by atoms with Gasteiger partial charge in [0.1, 0.15) is 0 Å². The van der Waals surface area contributed by atoms with Gasteiger partial charge in [-0.1, -0.05) is 30.3 Å². The molecule has 0 unspecified atom stereocenters. The lowest BCUT2D eigenvalue weighted by Gasteiger charge is -2.05. The van der Waals surface area contributed by atoms with Crippen LogP contribution in [0.25, 0.3) is 6.08 Å². The Morgan fingerprint density at radius 2 is 1.88 bits per heavy atom. The van der Waals surface area contributed by atoms with Crippen molar-refractivity contribution in [2.45, 2.75) is 6.92 Å². The van der Waals surface area contributed by atoms with Crippen LogP contribution in [-0.2, 0) is 10.0 Å². The summed E-state index contributed by atoms with van der Waals surface area (Å²) in [6.45, 7) is 1.84. The van der Waals surface area contributed by atoms with E-state index in [-0.39, 0.29) is 0 Å². The summed E-state index contributed by atoms with van der Waals surface area (Å²) >= 11 is 0. The molecule has 0 saturated heterocycles. The third-order valence-electron chi connectivity index (χ3n) is 2.09. The van der Waals surface area contributed by atoms with E-state index >= 15 is 0 Å². The van der Waals surface area contributed by atoms with Crippen molar-refractivity contribution in [3.8, 4) is 12.0 Å². The van der Waals surface area contributed by atoms with Crippen molar-refractivity contribution in [3.05, 3.63) is 41.5 Å². The molecule has 0 aliphatic rings. The van der Waals surface area contributed by atoms with E-state index < -0.39 is 10.0 Å². The average Bonchev–Trinajstić information content (AvgIpc) is 2.26. The monoisotopic (exact) mass is 249 g/mol. The molecule has 3 nitrogen and oxygen atoms in total. The molecular weight excluding hydrogens is 234 g/mol. The lowest BCUT2D eigenvalue weighted by Crippen LogP contribution is -2.19. The van der Waals surface area contributed by atoms with E-state index in [1.165, 1.54) is 7.05 Å². The summed E-state index contributed by atoms with van der Waals surface area (Å²) in [5.41, 5.74) is 1.85. The first-order chi connectivity index (χ1) is 7.89. The van der Waals surface area contributed by atoms with Crippen LogP contribution >= 0.6 is 0 Å². The van der Waals surface area contributed by atoms with E-state index in [1.807, 2.05) is 43.3 Å². The number of hydrogen-bond donors (Lipinski definition) is 0. The molecule has 0 aliphatic carbocycles. The molecule has 17 heavy (non-hydrogen) atoms. The van der Waals surface area contributed by atoms with Crippen LogP contribution in [0.2, 0.25) is 0 Å². The zero-order chi connectivity index (χ0) is 12.9. The van der Waals surface area contributed by atoms with Crippen LogP contribution in [0.15, 0.2) is 35.9 Å². The average molecular weight is 249 g/mol. The number of hydrogen-bond acceptors (Lipinski definition) is 2. The van der Waals surface area contributed by atoms with Gasteiger partial charge in [-0.2, -0.15) is 0 Å². The van der Waals surface area contributed by atoms with E-state index in [0.717, 1.165) is 21.7 Å². The minimum absolute atomic E-state index is 0.812.